The van der Waals surface area contributed by atoms with Crippen molar-refractivity contribution in [3.63, 3.8) is 0 Å². The Balaban J connectivity index is 2.03. The van der Waals surface area contributed by atoms with Crippen molar-refractivity contribution in [3.8, 4) is 0 Å². The predicted octanol–water partition coefficient (Wildman–Crippen LogP) is 0.582. The molecule has 68 valence electrons. The van der Waals surface area contributed by atoms with Crippen LogP contribution in [0.4, 0.5) is 0 Å². The van der Waals surface area contributed by atoms with Crippen LogP contribution in [-0.4, -0.2) is 35.4 Å². The van der Waals surface area contributed by atoms with E-state index in [4.69, 9.17) is 0 Å². The first-order valence-electron chi connectivity index (χ1n) is 4.35. The number of nitrogens with zero attached hydrogens (tertiary/aromatic N) is 1. The standard InChI is InChI=1S/C10H9N2O.In/c1-2-8-11-12-10(13)9-6-4-3-5-7-9;/h1-8H,(H,12,13);/q-1;+1. The molecule has 0 spiro atoms. The molecular formula is C10H9InN2O. The van der Waals surface area contributed by atoms with E-state index in [9.17, 15) is 4.79 Å². The molecule has 0 saturated heterocycles. The number of carbonyl (C=O) groups excluding carboxylic acids is 1. The van der Waals surface area contributed by atoms with E-state index in [-0.39, 0.29) is 5.91 Å². The molecule has 3 nitrogen and oxygen atoms in total. The molecule has 0 radical (unpaired) electrons. The van der Waals surface area contributed by atoms with Crippen molar-refractivity contribution < 1.29 is 4.79 Å². The molecule has 4 heteroatoms. The van der Waals surface area contributed by atoms with Gasteiger partial charge in [0.1, 0.15) is 0 Å². The molecule has 0 fully saturated rings. The summed E-state index contributed by atoms with van der Waals surface area (Å²) in [6.07, 6.45) is 3.91. The number of hydrogen-bond acceptors (Lipinski definition) is 2. The third-order valence-electron chi connectivity index (χ3n) is 1.87. The van der Waals surface area contributed by atoms with Crippen LogP contribution in [0.5, 0.6) is 0 Å². The van der Waals surface area contributed by atoms with Crippen LogP contribution in [0.15, 0.2) is 42.6 Å². The Morgan fingerprint density at radius 3 is 2.71 bits per heavy atom. The third-order valence-corrected chi connectivity index (χ3v) is 4.77. The van der Waals surface area contributed by atoms with Gasteiger partial charge in [0, 0.05) is 0 Å². The number of nitrogens with one attached hydrogen (secondary N) is 1. The Labute approximate surface area is 93.6 Å². The molecule has 0 aromatic heterocycles. The monoisotopic (exact) mass is 288 g/mol. The Kier molecular flexibility index (Phi) is 3.03. The van der Waals surface area contributed by atoms with Gasteiger partial charge in [-0.05, 0) is 0 Å². The van der Waals surface area contributed by atoms with Crippen LogP contribution in [0.2, 0.25) is 0 Å². The molecule has 1 aromatic carbocycles. The van der Waals surface area contributed by atoms with Gasteiger partial charge in [0.05, 0.1) is 0 Å². The zero-order valence-electron chi connectivity index (χ0n) is 7.55. The summed E-state index contributed by atoms with van der Waals surface area (Å²) < 4.78 is 4.10. The van der Waals surface area contributed by atoms with Crippen molar-refractivity contribution in [1.82, 2.24) is 8.42 Å². The molecule has 1 N–H and O–H groups in total. The van der Waals surface area contributed by atoms with Crippen LogP contribution in [0.3, 0.4) is 0 Å². The van der Waals surface area contributed by atoms with Crippen molar-refractivity contribution in [2.75, 3.05) is 0 Å². The van der Waals surface area contributed by atoms with E-state index in [1.807, 2.05) is 45.6 Å². The van der Waals surface area contributed by atoms with Crippen LogP contribution in [0, 0.1) is 0 Å². The number of benzene rings is 1. The summed E-state index contributed by atoms with van der Waals surface area (Å²) in [7, 11) is 0. The van der Waals surface area contributed by atoms with E-state index in [0.717, 1.165) is 0 Å². The molecule has 1 aliphatic rings. The Morgan fingerprint density at radius 1 is 1.29 bits per heavy atom. The SMILES string of the molecule is O=C(N[N]1C=C[CH]=[In]1)c1ccccc1. The van der Waals surface area contributed by atoms with Gasteiger partial charge in [0.25, 0.3) is 0 Å². The fourth-order valence-corrected chi connectivity index (χ4v) is 3.39. The van der Waals surface area contributed by atoms with Crippen LogP contribution >= 0.6 is 0 Å². The molecule has 0 saturated carbocycles. The second kappa shape index (κ2) is 4.46. The summed E-state index contributed by atoms with van der Waals surface area (Å²) in [5.41, 5.74) is 3.56. The maximum atomic E-state index is 11.6. The van der Waals surface area contributed by atoms with Crippen LogP contribution in [-0.2, 0) is 0 Å². The molecule has 1 heterocycles. The van der Waals surface area contributed by atoms with Crippen LogP contribution in [0.1, 0.15) is 10.4 Å². The van der Waals surface area contributed by atoms with Crippen LogP contribution in [0.25, 0.3) is 0 Å². The molecule has 0 unspecified atom stereocenters. The van der Waals surface area contributed by atoms with Gasteiger partial charge in [-0.2, -0.15) is 0 Å². The Bertz CT molecular complexity index is 374. The summed E-state index contributed by atoms with van der Waals surface area (Å²) in [5.74, 6) is -0.0307. The predicted molar refractivity (Wildman–Crippen MR) is 56.7 cm³/mol. The number of hydrazine groups is 1. The first-order chi connectivity index (χ1) is 6.86. The first-order valence-corrected chi connectivity index (χ1v) is 7.73. The van der Waals surface area contributed by atoms with Crippen molar-refractivity contribution in [2.45, 2.75) is 0 Å². The van der Waals surface area contributed by atoms with Crippen molar-refractivity contribution in [2.24, 2.45) is 0 Å². The number of hydrogen-bond donors (Lipinski definition) is 1. The minimum absolute atomic E-state index is 0.0307. The average molecular weight is 288 g/mol. The molecule has 0 aliphatic carbocycles. The van der Waals surface area contributed by atoms with Crippen LogP contribution < -0.4 is 5.43 Å². The molecule has 1 amide bonds. The minimum atomic E-state index is -0.852. The van der Waals surface area contributed by atoms with Crippen molar-refractivity contribution >= 4 is 32.4 Å². The zero-order chi connectivity index (χ0) is 9.80. The van der Waals surface area contributed by atoms with Gasteiger partial charge < -0.3 is 0 Å². The molecule has 1 aliphatic heterocycles. The van der Waals surface area contributed by atoms with E-state index in [0.29, 0.717) is 5.56 Å². The van der Waals surface area contributed by atoms with Gasteiger partial charge in [-0.1, -0.05) is 0 Å². The van der Waals surface area contributed by atoms with Gasteiger partial charge in [-0.15, -0.1) is 0 Å². The van der Waals surface area contributed by atoms with Gasteiger partial charge in [-0.25, -0.2) is 0 Å². The summed E-state index contributed by atoms with van der Waals surface area (Å²) in [4.78, 5) is 11.6. The number of allylic oxidation sites excluding steroid dienone is 1. The molecular weight excluding hydrogens is 279 g/mol. The van der Waals surface area contributed by atoms with Crippen molar-refractivity contribution in [1.29, 1.82) is 0 Å². The van der Waals surface area contributed by atoms with Gasteiger partial charge in [-0.3, -0.25) is 0 Å². The summed E-state index contributed by atoms with van der Waals surface area (Å²) in [6.45, 7) is 0. The number of rotatable bonds is 2. The Morgan fingerprint density at radius 2 is 2.07 bits per heavy atom. The van der Waals surface area contributed by atoms with E-state index >= 15 is 0 Å². The second-order valence-electron chi connectivity index (χ2n) is 2.90. The fourth-order valence-electron chi connectivity index (χ4n) is 1.18. The number of carbonyl (C=O) groups is 1. The average Bonchev–Trinajstić information content (AvgIpc) is 2.72. The second-order valence-corrected chi connectivity index (χ2v) is 6.43. The normalized spacial score (nSPS) is 12.7. The fraction of sp³-hybridized carbons (Fsp3) is 0. The Hall–Kier alpha value is -1.03. The molecule has 1 aromatic rings. The van der Waals surface area contributed by atoms with E-state index < -0.39 is 22.7 Å². The molecule has 14 heavy (non-hydrogen) atoms. The summed E-state index contributed by atoms with van der Waals surface area (Å²) in [5, 5.41) is 0. The number of amides is 1. The molecule has 0 atom stereocenters. The zero-order valence-corrected chi connectivity index (χ0v) is 10.8. The molecule has 0 bridgehead atoms. The van der Waals surface area contributed by atoms with E-state index in [1.165, 1.54) is 0 Å². The topological polar surface area (TPSA) is 32.3 Å². The van der Waals surface area contributed by atoms with E-state index in [2.05, 4.69) is 9.18 Å². The summed E-state index contributed by atoms with van der Waals surface area (Å²) >= 11 is -0.852. The van der Waals surface area contributed by atoms with E-state index in [1.54, 1.807) is 0 Å². The first kappa shape index (κ1) is 9.52. The van der Waals surface area contributed by atoms with Crippen molar-refractivity contribution in [3.05, 3.63) is 48.2 Å². The maximum absolute atomic E-state index is 11.6. The van der Waals surface area contributed by atoms with Gasteiger partial charge in [0.15, 0.2) is 0 Å². The quantitative estimate of drug-likeness (QED) is 0.863. The molecule has 2 rings (SSSR count). The summed E-state index contributed by atoms with van der Waals surface area (Å²) in [6, 6.07) is 9.25. The third kappa shape index (κ3) is 2.26. The van der Waals surface area contributed by atoms with Gasteiger partial charge in [0.2, 0.25) is 0 Å². The van der Waals surface area contributed by atoms with Gasteiger partial charge >= 0.3 is 93.8 Å².